The predicted molar refractivity (Wildman–Crippen MR) is 143 cm³/mol. The van der Waals surface area contributed by atoms with Crippen LogP contribution in [0.15, 0.2) is 29.1 Å². The maximum absolute atomic E-state index is 14.9. The van der Waals surface area contributed by atoms with Gasteiger partial charge >= 0.3 is 5.97 Å². The van der Waals surface area contributed by atoms with Crippen molar-refractivity contribution < 1.29 is 18.7 Å². The Kier molecular flexibility index (Phi) is 7.17. The largest absolute Gasteiger partial charge is 0.455 e. The highest BCUT2D eigenvalue weighted by Gasteiger charge is 2.33. The molecule has 1 aliphatic carbocycles. The molecule has 8 nitrogen and oxygen atoms in total. The average Bonchev–Trinajstić information content (AvgIpc) is 3.69. The molecule has 3 heterocycles. The number of fused-ring (bicyclic) bond motifs is 1. The van der Waals surface area contributed by atoms with Gasteiger partial charge in [0.1, 0.15) is 22.4 Å². The summed E-state index contributed by atoms with van der Waals surface area (Å²) in [7, 11) is 0. The number of rotatable bonds is 6. The second-order valence-corrected chi connectivity index (χ2v) is 11.4. The molecule has 2 fully saturated rings. The van der Waals surface area contributed by atoms with Crippen LogP contribution in [-0.2, 0) is 9.47 Å². The van der Waals surface area contributed by atoms with Crippen molar-refractivity contribution in [3.05, 3.63) is 62.7 Å². The van der Waals surface area contributed by atoms with E-state index in [0.29, 0.717) is 30.0 Å². The third kappa shape index (κ3) is 5.54. The van der Waals surface area contributed by atoms with Crippen LogP contribution >= 0.6 is 11.6 Å². The smallest absolute Gasteiger partial charge is 0.359 e. The summed E-state index contributed by atoms with van der Waals surface area (Å²) in [6, 6.07) is 5.43. The third-order valence-electron chi connectivity index (χ3n) is 6.82. The number of anilines is 1. The van der Waals surface area contributed by atoms with E-state index in [0.717, 1.165) is 31.5 Å². The number of halogens is 2. The van der Waals surface area contributed by atoms with Gasteiger partial charge in [-0.05, 0) is 77.6 Å². The lowest BCUT2D eigenvalue weighted by Crippen LogP contribution is -2.29. The van der Waals surface area contributed by atoms with Crippen LogP contribution < -0.4 is 10.9 Å². The van der Waals surface area contributed by atoms with E-state index in [9.17, 15) is 14.0 Å². The van der Waals surface area contributed by atoms with Crippen molar-refractivity contribution >= 4 is 34.2 Å². The number of pyridine rings is 1. The second kappa shape index (κ2) is 10.3. The Morgan fingerprint density at radius 1 is 1.18 bits per heavy atom. The van der Waals surface area contributed by atoms with E-state index < -0.39 is 23.4 Å². The fourth-order valence-corrected chi connectivity index (χ4v) is 5.06. The van der Waals surface area contributed by atoms with Crippen LogP contribution in [0.25, 0.3) is 10.9 Å². The Morgan fingerprint density at radius 3 is 2.55 bits per heavy atom. The van der Waals surface area contributed by atoms with Gasteiger partial charge in [-0.15, -0.1) is 0 Å². The molecule has 2 aliphatic rings. The van der Waals surface area contributed by atoms with E-state index in [1.54, 1.807) is 37.5 Å². The van der Waals surface area contributed by atoms with Crippen LogP contribution in [0, 0.1) is 5.82 Å². The van der Waals surface area contributed by atoms with Crippen molar-refractivity contribution in [3.8, 4) is 0 Å². The molecule has 1 saturated carbocycles. The van der Waals surface area contributed by atoms with Crippen molar-refractivity contribution in [2.24, 2.45) is 0 Å². The SMILES string of the molecule is C[C@@H](Nc1ccc(Cl)nc1C(=O)OC(C)(C)C)c1cc(F)cc2c(=O)n(C3CC3)c(C3CCOCC3)nc12. The van der Waals surface area contributed by atoms with Gasteiger partial charge in [0.25, 0.3) is 5.56 Å². The zero-order valence-corrected chi connectivity index (χ0v) is 22.8. The molecule has 0 bridgehead atoms. The van der Waals surface area contributed by atoms with Crippen LogP contribution in [0.2, 0.25) is 5.15 Å². The van der Waals surface area contributed by atoms with Gasteiger partial charge < -0.3 is 14.8 Å². The number of aromatic nitrogens is 3. The van der Waals surface area contributed by atoms with E-state index in [4.69, 9.17) is 26.1 Å². The van der Waals surface area contributed by atoms with Crippen molar-refractivity contribution in [3.63, 3.8) is 0 Å². The standard InChI is InChI=1S/C28H32ClFN4O4/c1-15(31-21-7-8-22(29)32-24(21)27(36)38-28(2,3)4)19-13-17(30)14-20-23(19)33-25(16-9-11-37-12-10-16)34(26(20)35)18-5-6-18/h7-8,13-16,18,31H,5-6,9-12H2,1-4H3/t15-/m1/s1. The molecule has 0 spiro atoms. The van der Waals surface area contributed by atoms with Crippen molar-refractivity contribution in [2.45, 2.75) is 77.0 Å². The predicted octanol–water partition coefficient (Wildman–Crippen LogP) is 5.94. The summed E-state index contributed by atoms with van der Waals surface area (Å²) < 4.78 is 27.7. The molecule has 0 unspecified atom stereocenters. The zero-order valence-electron chi connectivity index (χ0n) is 22.0. The normalized spacial score (nSPS) is 17.4. The Bertz CT molecular complexity index is 1440. The first-order valence-electron chi connectivity index (χ1n) is 13.0. The molecule has 2 aromatic heterocycles. The Labute approximate surface area is 225 Å². The van der Waals surface area contributed by atoms with Crippen LogP contribution in [0.3, 0.4) is 0 Å². The number of carbonyl (C=O) groups is 1. The number of ether oxygens (including phenoxy) is 2. The first-order valence-corrected chi connectivity index (χ1v) is 13.4. The fourth-order valence-electron chi connectivity index (χ4n) is 4.91. The number of nitrogens with zero attached hydrogens (tertiary/aromatic N) is 3. The Balaban J connectivity index is 1.58. The minimum Gasteiger partial charge on any atom is -0.455 e. The molecule has 38 heavy (non-hydrogen) atoms. The van der Waals surface area contributed by atoms with Crippen molar-refractivity contribution in [1.82, 2.24) is 14.5 Å². The van der Waals surface area contributed by atoms with Crippen LogP contribution in [-0.4, -0.2) is 39.3 Å². The lowest BCUT2D eigenvalue weighted by atomic mass is 9.97. The first kappa shape index (κ1) is 26.6. The highest BCUT2D eigenvalue weighted by molar-refractivity contribution is 6.29. The summed E-state index contributed by atoms with van der Waals surface area (Å²) in [6.45, 7) is 8.35. The number of hydrogen-bond donors (Lipinski definition) is 1. The summed E-state index contributed by atoms with van der Waals surface area (Å²) in [6.07, 6.45) is 3.40. The monoisotopic (exact) mass is 542 g/mol. The summed E-state index contributed by atoms with van der Waals surface area (Å²) in [5, 5.41) is 3.64. The van der Waals surface area contributed by atoms with Gasteiger partial charge in [-0.2, -0.15) is 0 Å². The molecule has 1 saturated heterocycles. The number of nitrogens with one attached hydrogen (secondary N) is 1. The van der Waals surface area contributed by atoms with E-state index in [1.807, 2.05) is 6.92 Å². The summed E-state index contributed by atoms with van der Waals surface area (Å²) in [4.78, 5) is 35.8. The van der Waals surface area contributed by atoms with E-state index >= 15 is 0 Å². The second-order valence-electron chi connectivity index (χ2n) is 11.1. The molecule has 10 heteroatoms. The van der Waals surface area contributed by atoms with Crippen molar-refractivity contribution in [1.29, 1.82) is 0 Å². The third-order valence-corrected chi connectivity index (χ3v) is 7.03. The molecule has 202 valence electrons. The molecule has 1 atom stereocenters. The first-order chi connectivity index (χ1) is 18.0. The van der Waals surface area contributed by atoms with Crippen LogP contribution in [0.1, 0.15) is 93.3 Å². The molecule has 5 rings (SSSR count). The molecule has 0 radical (unpaired) electrons. The van der Waals surface area contributed by atoms with Crippen molar-refractivity contribution in [2.75, 3.05) is 18.5 Å². The summed E-state index contributed by atoms with van der Waals surface area (Å²) >= 11 is 6.09. The molecular formula is C28H32ClFN4O4. The molecule has 3 aromatic rings. The lowest BCUT2D eigenvalue weighted by Gasteiger charge is -2.26. The maximum Gasteiger partial charge on any atom is 0.359 e. The van der Waals surface area contributed by atoms with Crippen LogP contribution in [0.4, 0.5) is 10.1 Å². The highest BCUT2D eigenvalue weighted by Crippen LogP contribution is 2.39. The van der Waals surface area contributed by atoms with Gasteiger partial charge in [-0.25, -0.2) is 19.2 Å². The molecule has 1 N–H and O–H groups in total. The molecule has 1 aromatic carbocycles. The van der Waals surface area contributed by atoms with Gasteiger partial charge in [0.2, 0.25) is 0 Å². The van der Waals surface area contributed by atoms with E-state index in [2.05, 4.69) is 10.3 Å². The molecule has 0 amide bonds. The fraction of sp³-hybridized carbons (Fsp3) is 0.500. The highest BCUT2D eigenvalue weighted by atomic mass is 35.5. The number of esters is 1. The van der Waals surface area contributed by atoms with Gasteiger partial charge in [-0.1, -0.05) is 11.6 Å². The molecule has 1 aliphatic heterocycles. The summed E-state index contributed by atoms with van der Waals surface area (Å²) in [5.41, 5.74) is 0.425. The Hall–Kier alpha value is -3.04. The van der Waals surface area contributed by atoms with Gasteiger partial charge in [-0.3, -0.25) is 9.36 Å². The van der Waals surface area contributed by atoms with Crippen LogP contribution in [0.5, 0.6) is 0 Å². The average molecular weight is 543 g/mol. The maximum atomic E-state index is 14.9. The van der Waals surface area contributed by atoms with E-state index in [1.165, 1.54) is 12.1 Å². The lowest BCUT2D eigenvalue weighted by molar-refractivity contribution is 0.00640. The molecular weight excluding hydrogens is 511 g/mol. The Morgan fingerprint density at radius 2 is 1.89 bits per heavy atom. The number of carbonyl (C=O) groups excluding carboxylic acids is 1. The van der Waals surface area contributed by atoms with Gasteiger partial charge in [0, 0.05) is 30.7 Å². The quantitative estimate of drug-likeness (QED) is 0.304. The number of hydrogen-bond acceptors (Lipinski definition) is 7. The summed E-state index contributed by atoms with van der Waals surface area (Å²) in [5.74, 6) is -0.313. The van der Waals surface area contributed by atoms with E-state index in [-0.39, 0.29) is 33.8 Å². The zero-order chi connectivity index (χ0) is 27.2. The minimum absolute atomic E-state index is 0.0203. The minimum atomic E-state index is -0.728. The van der Waals surface area contributed by atoms with Gasteiger partial charge in [0.05, 0.1) is 22.6 Å². The topological polar surface area (TPSA) is 95.3 Å². The van der Waals surface area contributed by atoms with Gasteiger partial charge in [0.15, 0.2) is 5.69 Å². The number of benzene rings is 1.